The zero-order valence-corrected chi connectivity index (χ0v) is 8.95. The third-order valence-electron chi connectivity index (χ3n) is 3.21. The molecular formula is C12H17NO2. The SMILES string of the molecule is Cc1c(O)ccc(C2CCNCC2)c1O. The highest BCUT2D eigenvalue weighted by molar-refractivity contribution is 5.49. The van der Waals surface area contributed by atoms with Crippen molar-refractivity contribution < 1.29 is 10.2 Å². The number of rotatable bonds is 1. The normalized spacial score (nSPS) is 17.9. The number of piperidine rings is 1. The maximum absolute atomic E-state index is 9.95. The van der Waals surface area contributed by atoms with E-state index >= 15 is 0 Å². The van der Waals surface area contributed by atoms with Crippen molar-refractivity contribution in [2.45, 2.75) is 25.7 Å². The molecule has 0 saturated carbocycles. The summed E-state index contributed by atoms with van der Waals surface area (Å²) in [4.78, 5) is 0. The van der Waals surface area contributed by atoms with E-state index in [1.165, 1.54) is 0 Å². The van der Waals surface area contributed by atoms with Gasteiger partial charge in [-0.2, -0.15) is 0 Å². The molecule has 3 nitrogen and oxygen atoms in total. The third kappa shape index (κ3) is 1.92. The fourth-order valence-corrected chi connectivity index (χ4v) is 2.17. The molecule has 1 fully saturated rings. The van der Waals surface area contributed by atoms with E-state index in [0.717, 1.165) is 31.5 Å². The van der Waals surface area contributed by atoms with Crippen LogP contribution >= 0.6 is 0 Å². The lowest BCUT2D eigenvalue weighted by molar-refractivity contribution is 0.413. The van der Waals surface area contributed by atoms with E-state index in [9.17, 15) is 10.2 Å². The average Bonchev–Trinajstić information content (AvgIpc) is 2.27. The van der Waals surface area contributed by atoms with Gasteiger partial charge < -0.3 is 15.5 Å². The molecule has 0 amide bonds. The lowest BCUT2D eigenvalue weighted by Gasteiger charge is -2.24. The van der Waals surface area contributed by atoms with Gasteiger partial charge in [-0.1, -0.05) is 6.07 Å². The van der Waals surface area contributed by atoms with Crippen LogP contribution in [0.4, 0.5) is 0 Å². The van der Waals surface area contributed by atoms with Crippen molar-refractivity contribution in [3.05, 3.63) is 23.3 Å². The van der Waals surface area contributed by atoms with Crippen LogP contribution < -0.4 is 5.32 Å². The number of benzene rings is 1. The minimum Gasteiger partial charge on any atom is -0.508 e. The molecule has 0 aliphatic carbocycles. The summed E-state index contributed by atoms with van der Waals surface area (Å²) in [5, 5.41) is 22.7. The Morgan fingerprint density at radius 2 is 1.87 bits per heavy atom. The fraction of sp³-hybridized carbons (Fsp3) is 0.500. The van der Waals surface area contributed by atoms with Crippen molar-refractivity contribution in [1.29, 1.82) is 0 Å². The first-order valence-corrected chi connectivity index (χ1v) is 5.42. The van der Waals surface area contributed by atoms with E-state index in [0.29, 0.717) is 11.5 Å². The predicted molar refractivity (Wildman–Crippen MR) is 59.4 cm³/mol. The van der Waals surface area contributed by atoms with Gasteiger partial charge in [0.15, 0.2) is 0 Å². The summed E-state index contributed by atoms with van der Waals surface area (Å²) in [6.07, 6.45) is 2.11. The Bertz CT molecular complexity index is 357. The quantitative estimate of drug-likeness (QED) is 0.659. The standard InChI is InChI=1S/C12H17NO2/c1-8-11(14)3-2-10(12(8)15)9-4-6-13-7-5-9/h2-3,9,13-15H,4-7H2,1H3. The topological polar surface area (TPSA) is 52.5 Å². The second kappa shape index (κ2) is 4.11. The first-order valence-electron chi connectivity index (χ1n) is 5.42. The van der Waals surface area contributed by atoms with Crippen molar-refractivity contribution in [2.24, 2.45) is 0 Å². The van der Waals surface area contributed by atoms with Crippen molar-refractivity contribution in [2.75, 3.05) is 13.1 Å². The second-order valence-corrected chi connectivity index (χ2v) is 4.17. The van der Waals surface area contributed by atoms with Crippen molar-refractivity contribution in [3.63, 3.8) is 0 Å². The number of phenols is 2. The Kier molecular flexibility index (Phi) is 2.82. The van der Waals surface area contributed by atoms with E-state index in [4.69, 9.17) is 0 Å². The minimum absolute atomic E-state index is 0.171. The van der Waals surface area contributed by atoms with E-state index < -0.39 is 0 Å². The molecule has 1 aliphatic rings. The van der Waals surface area contributed by atoms with Gasteiger partial charge >= 0.3 is 0 Å². The van der Waals surface area contributed by atoms with Gasteiger partial charge in [-0.3, -0.25) is 0 Å². The number of nitrogens with one attached hydrogen (secondary N) is 1. The monoisotopic (exact) mass is 207 g/mol. The van der Waals surface area contributed by atoms with Crippen LogP contribution in [0, 0.1) is 6.92 Å². The van der Waals surface area contributed by atoms with Crippen LogP contribution in [0.25, 0.3) is 0 Å². The molecule has 0 aromatic heterocycles. The molecule has 82 valence electrons. The molecular weight excluding hydrogens is 190 g/mol. The predicted octanol–water partition coefficient (Wildman–Crippen LogP) is 1.87. The molecule has 15 heavy (non-hydrogen) atoms. The molecule has 2 rings (SSSR count). The Morgan fingerprint density at radius 1 is 1.20 bits per heavy atom. The number of hydrogen-bond donors (Lipinski definition) is 3. The summed E-state index contributed by atoms with van der Waals surface area (Å²) in [7, 11) is 0. The maximum Gasteiger partial charge on any atom is 0.125 e. The van der Waals surface area contributed by atoms with E-state index in [1.807, 2.05) is 6.07 Å². The highest BCUT2D eigenvalue weighted by Crippen LogP contribution is 2.37. The van der Waals surface area contributed by atoms with E-state index in [2.05, 4.69) is 5.32 Å². The molecule has 1 saturated heterocycles. The van der Waals surface area contributed by atoms with Crippen molar-refractivity contribution >= 4 is 0 Å². The Morgan fingerprint density at radius 3 is 2.53 bits per heavy atom. The molecule has 1 aliphatic heterocycles. The summed E-state index contributed by atoms with van der Waals surface area (Å²) in [6, 6.07) is 3.51. The zero-order chi connectivity index (χ0) is 10.8. The molecule has 1 heterocycles. The molecule has 1 aromatic carbocycles. The summed E-state index contributed by atoms with van der Waals surface area (Å²) < 4.78 is 0. The highest BCUT2D eigenvalue weighted by atomic mass is 16.3. The van der Waals surface area contributed by atoms with Gasteiger partial charge in [0.2, 0.25) is 0 Å². The smallest absolute Gasteiger partial charge is 0.125 e. The lowest BCUT2D eigenvalue weighted by Crippen LogP contribution is -2.26. The molecule has 1 aromatic rings. The molecule has 0 unspecified atom stereocenters. The second-order valence-electron chi connectivity index (χ2n) is 4.17. The van der Waals surface area contributed by atoms with E-state index in [1.54, 1.807) is 13.0 Å². The summed E-state index contributed by atoms with van der Waals surface area (Å²) in [6.45, 7) is 3.75. The van der Waals surface area contributed by atoms with Gasteiger partial charge in [0.05, 0.1) is 0 Å². The Balaban J connectivity index is 2.31. The number of aromatic hydroxyl groups is 2. The third-order valence-corrected chi connectivity index (χ3v) is 3.21. The van der Waals surface area contributed by atoms with E-state index in [-0.39, 0.29) is 11.5 Å². The van der Waals surface area contributed by atoms with Gasteiger partial charge in [-0.25, -0.2) is 0 Å². The average molecular weight is 207 g/mol. The molecule has 0 atom stereocenters. The molecule has 3 N–H and O–H groups in total. The molecule has 0 spiro atoms. The summed E-state index contributed by atoms with van der Waals surface area (Å²) in [5.41, 5.74) is 1.57. The van der Waals surface area contributed by atoms with Crippen molar-refractivity contribution in [3.8, 4) is 11.5 Å². The summed E-state index contributed by atoms with van der Waals surface area (Å²) in [5.74, 6) is 0.859. The number of hydrogen-bond acceptors (Lipinski definition) is 3. The van der Waals surface area contributed by atoms with Crippen LogP contribution in [0.5, 0.6) is 11.5 Å². The van der Waals surface area contributed by atoms with Gasteiger partial charge in [0, 0.05) is 5.56 Å². The summed E-state index contributed by atoms with van der Waals surface area (Å²) >= 11 is 0. The molecule has 3 heteroatoms. The van der Waals surface area contributed by atoms with Gasteiger partial charge in [-0.05, 0) is 50.4 Å². The maximum atomic E-state index is 9.95. The van der Waals surface area contributed by atoms with Gasteiger partial charge in [0.25, 0.3) is 0 Å². The Labute approximate surface area is 89.8 Å². The first kappa shape index (κ1) is 10.3. The highest BCUT2D eigenvalue weighted by Gasteiger charge is 2.19. The van der Waals surface area contributed by atoms with Gasteiger partial charge in [-0.15, -0.1) is 0 Å². The lowest BCUT2D eigenvalue weighted by atomic mass is 9.88. The van der Waals surface area contributed by atoms with Crippen LogP contribution in [0.3, 0.4) is 0 Å². The van der Waals surface area contributed by atoms with Crippen LogP contribution in [0.1, 0.15) is 29.9 Å². The fourth-order valence-electron chi connectivity index (χ4n) is 2.17. The first-order chi connectivity index (χ1) is 7.20. The largest absolute Gasteiger partial charge is 0.508 e. The van der Waals surface area contributed by atoms with Crippen molar-refractivity contribution in [1.82, 2.24) is 5.32 Å². The zero-order valence-electron chi connectivity index (χ0n) is 8.95. The van der Waals surface area contributed by atoms with Crippen LogP contribution in [0.15, 0.2) is 12.1 Å². The minimum atomic E-state index is 0.171. The molecule has 0 radical (unpaired) electrons. The van der Waals surface area contributed by atoms with Gasteiger partial charge in [0.1, 0.15) is 11.5 Å². The molecule has 0 bridgehead atoms. The Hall–Kier alpha value is -1.22. The van der Waals surface area contributed by atoms with Crippen LogP contribution in [0.2, 0.25) is 0 Å². The van der Waals surface area contributed by atoms with Crippen LogP contribution in [-0.4, -0.2) is 23.3 Å². The number of phenolic OH excluding ortho intramolecular Hbond substituents is 2. The van der Waals surface area contributed by atoms with Crippen LogP contribution in [-0.2, 0) is 0 Å².